The van der Waals surface area contributed by atoms with Crippen LogP contribution in [0.15, 0.2) is 4.99 Å². The van der Waals surface area contributed by atoms with E-state index in [2.05, 4.69) is 34.7 Å². The van der Waals surface area contributed by atoms with Crippen molar-refractivity contribution in [2.75, 3.05) is 6.54 Å². The predicted molar refractivity (Wildman–Crippen MR) is 105 cm³/mol. The molecule has 1 fully saturated rings. The summed E-state index contributed by atoms with van der Waals surface area (Å²) in [5.41, 5.74) is 0. The van der Waals surface area contributed by atoms with Crippen LogP contribution in [0.2, 0.25) is 0 Å². The van der Waals surface area contributed by atoms with Crippen LogP contribution in [0.3, 0.4) is 0 Å². The van der Waals surface area contributed by atoms with E-state index in [0.717, 1.165) is 24.2 Å². The Morgan fingerprint density at radius 1 is 1.26 bits per heavy atom. The average Bonchev–Trinajstić information content (AvgIpc) is 2.82. The van der Waals surface area contributed by atoms with E-state index in [1.165, 1.54) is 32.1 Å². The van der Waals surface area contributed by atoms with Crippen LogP contribution < -0.4 is 10.6 Å². The summed E-state index contributed by atoms with van der Waals surface area (Å²) in [5.74, 6) is 3.31. The summed E-state index contributed by atoms with van der Waals surface area (Å²) in [7, 11) is 1.98. The fourth-order valence-electron chi connectivity index (χ4n) is 2.63. The number of aryl methyl sites for hydroxylation is 1. The Morgan fingerprint density at radius 2 is 1.96 bits per heavy atom. The van der Waals surface area contributed by atoms with Crippen LogP contribution >= 0.6 is 24.0 Å². The summed E-state index contributed by atoms with van der Waals surface area (Å²) in [5, 5.41) is 15.3. The van der Waals surface area contributed by atoms with Crippen molar-refractivity contribution in [1.82, 2.24) is 25.4 Å². The molecule has 0 amide bonds. The molecule has 132 valence electrons. The summed E-state index contributed by atoms with van der Waals surface area (Å²) in [6.45, 7) is 7.85. The Morgan fingerprint density at radius 3 is 2.52 bits per heavy atom. The van der Waals surface area contributed by atoms with E-state index in [1.54, 1.807) is 0 Å². The van der Waals surface area contributed by atoms with E-state index in [9.17, 15) is 0 Å². The molecule has 0 atom stereocenters. The highest BCUT2D eigenvalue weighted by Gasteiger charge is 2.15. The van der Waals surface area contributed by atoms with E-state index in [-0.39, 0.29) is 24.0 Å². The molecule has 23 heavy (non-hydrogen) atoms. The summed E-state index contributed by atoms with van der Waals surface area (Å²) in [6, 6.07) is 0.549. The van der Waals surface area contributed by atoms with Crippen molar-refractivity contribution in [3.05, 3.63) is 11.6 Å². The van der Waals surface area contributed by atoms with Gasteiger partial charge in [0, 0.05) is 19.6 Å². The van der Waals surface area contributed by atoms with Crippen molar-refractivity contribution in [2.45, 2.75) is 65.5 Å². The molecule has 0 aromatic carbocycles. The quantitative estimate of drug-likeness (QED) is 0.425. The van der Waals surface area contributed by atoms with Gasteiger partial charge in [-0.1, -0.05) is 33.1 Å². The Hall–Kier alpha value is -0.860. The van der Waals surface area contributed by atoms with Crippen molar-refractivity contribution in [3.8, 4) is 0 Å². The second-order valence-electron chi connectivity index (χ2n) is 6.64. The molecule has 0 unspecified atom stereocenters. The van der Waals surface area contributed by atoms with Gasteiger partial charge in [0.15, 0.2) is 11.8 Å². The lowest BCUT2D eigenvalue weighted by Crippen LogP contribution is -2.45. The zero-order chi connectivity index (χ0) is 15.9. The summed E-state index contributed by atoms with van der Waals surface area (Å²) < 4.78 is 1.99. The Balaban J connectivity index is 0.00000264. The van der Waals surface area contributed by atoms with Crippen LogP contribution in [0.25, 0.3) is 0 Å². The third-order valence-corrected chi connectivity index (χ3v) is 4.19. The summed E-state index contributed by atoms with van der Waals surface area (Å²) in [4.78, 5) is 4.71. The highest BCUT2D eigenvalue weighted by atomic mass is 127. The molecule has 2 rings (SSSR count). The number of nitrogens with one attached hydrogen (secondary N) is 2. The first-order valence-corrected chi connectivity index (χ1v) is 8.46. The number of rotatable bonds is 5. The van der Waals surface area contributed by atoms with Gasteiger partial charge in [0.1, 0.15) is 12.4 Å². The molecule has 1 saturated carbocycles. The maximum atomic E-state index is 4.71. The zero-order valence-electron chi connectivity index (χ0n) is 14.8. The minimum Gasteiger partial charge on any atom is -0.356 e. The molecule has 0 aliphatic heterocycles. The molecule has 0 bridgehead atoms. The number of aromatic nitrogens is 3. The molecular weight excluding hydrogens is 403 g/mol. The van der Waals surface area contributed by atoms with Gasteiger partial charge in [-0.2, -0.15) is 0 Å². The molecule has 1 aliphatic carbocycles. The molecule has 1 heterocycles. The van der Waals surface area contributed by atoms with E-state index < -0.39 is 0 Å². The third-order valence-electron chi connectivity index (χ3n) is 4.19. The maximum absolute atomic E-state index is 4.71. The van der Waals surface area contributed by atoms with Crippen LogP contribution in [-0.2, 0) is 13.6 Å². The van der Waals surface area contributed by atoms with E-state index in [1.807, 2.05) is 18.5 Å². The van der Waals surface area contributed by atoms with Gasteiger partial charge >= 0.3 is 0 Å². The predicted octanol–water partition coefficient (Wildman–Crippen LogP) is 2.77. The average molecular weight is 434 g/mol. The number of nitrogens with zero attached hydrogens (tertiary/aromatic N) is 4. The van der Waals surface area contributed by atoms with Crippen molar-refractivity contribution in [2.24, 2.45) is 18.0 Å². The van der Waals surface area contributed by atoms with Crippen molar-refractivity contribution >= 4 is 29.9 Å². The fourth-order valence-corrected chi connectivity index (χ4v) is 2.63. The van der Waals surface area contributed by atoms with E-state index in [0.29, 0.717) is 18.5 Å². The monoisotopic (exact) mass is 434 g/mol. The minimum absolute atomic E-state index is 0. The molecule has 7 heteroatoms. The van der Waals surface area contributed by atoms with Crippen LogP contribution in [0.1, 0.15) is 57.6 Å². The van der Waals surface area contributed by atoms with Gasteiger partial charge in [-0.15, -0.1) is 34.2 Å². The molecule has 1 aromatic heterocycles. The van der Waals surface area contributed by atoms with Crippen molar-refractivity contribution in [3.63, 3.8) is 0 Å². The standard InChI is InChI=1S/C16H30N6.HI/c1-12(2)10-17-16(19-14-8-6-5-7-9-14)18-11-15-21-20-13(3)22(15)4;/h12,14H,5-11H2,1-4H3,(H2,17,18,19);1H. The SMILES string of the molecule is Cc1nnc(CN=C(NCC(C)C)NC2CCCCC2)n1C.I. The Labute approximate surface area is 157 Å². The highest BCUT2D eigenvalue weighted by molar-refractivity contribution is 14.0. The van der Waals surface area contributed by atoms with Gasteiger partial charge in [0.2, 0.25) is 0 Å². The van der Waals surface area contributed by atoms with Gasteiger partial charge in [0.25, 0.3) is 0 Å². The molecule has 0 radical (unpaired) electrons. The zero-order valence-corrected chi connectivity index (χ0v) is 17.1. The third kappa shape index (κ3) is 6.64. The Bertz CT molecular complexity index is 491. The molecule has 0 saturated heterocycles. The topological polar surface area (TPSA) is 67.1 Å². The van der Waals surface area contributed by atoms with Crippen molar-refractivity contribution < 1.29 is 0 Å². The molecular formula is C16H31IN6. The number of hydrogen-bond acceptors (Lipinski definition) is 3. The fraction of sp³-hybridized carbons (Fsp3) is 0.812. The lowest BCUT2D eigenvalue weighted by atomic mass is 9.96. The van der Waals surface area contributed by atoms with Crippen molar-refractivity contribution in [1.29, 1.82) is 0 Å². The second-order valence-corrected chi connectivity index (χ2v) is 6.64. The number of guanidine groups is 1. The molecule has 0 spiro atoms. The van der Waals surface area contributed by atoms with Gasteiger partial charge < -0.3 is 15.2 Å². The normalized spacial score (nSPS) is 16.3. The molecule has 2 N–H and O–H groups in total. The number of aliphatic imine (C=N–C) groups is 1. The first-order valence-electron chi connectivity index (χ1n) is 8.46. The number of hydrogen-bond donors (Lipinski definition) is 2. The van der Waals surface area contributed by atoms with Crippen LogP contribution in [0.5, 0.6) is 0 Å². The van der Waals surface area contributed by atoms with Crippen LogP contribution in [-0.4, -0.2) is 33.3 Å². The maximum Gasteiger partial charge on any atom is 0.191 e. The molecule has 1 aliphatic rings. The number of halogens is 1. The Kier molecular flexibility index (Phi) is 8.86. The largest absolute Gasteiger partial charge is 0.356 e. The first-order chi connectivity index (χ1) is 10.6. The van der Waals surface area contributed by atoms with Gasteiger partial charge in [-0.25, -0.2) is 4.99 Å². The lowest BCUT2D eigenvalue weighted by molar-refractivity contribution is 0.408. The molecule has 1 aromatic rings. The van der Waals surface area contributed by atoms with Crippen LogP contribution in [0.4, 0.5) is 0 Å². The van der Waals surface area contributed by atoms with Crippen LogP contribution in [0, 0.1) is 12.8 Å². The van der Waals surface area contributed by atoms with Gasteiger partial charge in [-0.05, 0) is 25.7 Å². The highest BCUT2D eigenvalue weighted by Crippen LogP contribution is 2.17. The van der Waals surface area contributed by atoms with Gasteiger partial charge in [0.05, 0.1) is 0 Å². The second kappa shape index (κ2) is 10.1. The molecule has 6 nitrogen and oxygen atoms in total. The summed E-state index contributed by atoms with van der Waals surface area (Å²) in [6.07, 6.45) is 6.48. The minimum atomic E-state index is 0. The van der Waals surface area contributed by atoms with Gasteiger partial charge in [-0.3, -0.25) is 0 Å². The van der Waals surface area contributed by atoms with E-state index in [4.69, 9.17) is 4.99 Å². The smallest absolute Gasteiger partial charge is 0.191 e. The van der Waals surface area contributed by atoms with E-state index >= 15 is 0 Å². The first kappa shape index (κ1) is 20.2. The lowest BCUT2D eigenvalue weighted by Gasteiger charge is -2.25. The summed E-state index contributed by atoms with van der Waals surface area (Å²) >= 11 is 0.